The van der Waals surface area contributed by atoms with Crippen LogP contribution in [-0.2, 0) is 10.2 Å². The maximum atomic E-state index is 13.5. The second-order valence-electron chi connectivity index (χ2n) is 14.8. The first-order valence-electron chi connectivity index (χ1n) is 18.1. The number of fused-ring (bicyclic) bond motifs is 2. The number of pyridine rings is 1. The predicted octanol–water partition coefficient (Wildman–Crippen LogP) is 6.55. The molecule has 2 amide bonds. The van der Waals surface area contributed by atoms with Crippen molar-refractivity contribution >= 4 is 23.3 Å². The second kappa shape index (κ2) is 14.8. The average Bonchev–Trinajstić information content (AvgIpc) is 3.79. The van der Waals surface area contributed by atoms with Crippen LogP contribution in [0.3, 0.4) is 0 Å². The normalized spacial score (nSPS) is 20.1. The van der Waals surface area contributed by atoms with E-state index in [-0.39, 0.29) is 35.2 Å². The molecule has 3 aromatic heterocycles. The van der Waals surface area contributed by atoms with Gasteiger partial charge in [0.25, 0.3) is 0 Å². The van der Waals surface area contributed by atoms with E-state index in [1.54, 1.807) is 6.07 Å². The third-order valence-corrected chi connectivity index (χ3v) is 10.1. The number of anilines is 1. The maximum Gasteiger partial charge on any atom is 0.320 e. The number of Topliss-reactive ketones (excluding diaryl/α,β-unsaturated/α-hetero) is 1. The summed E-state index contributed by atoms with van der Waals surface area (Å²) < 4.78 is 14.1. The van der Waals surface area contributed by atoms with Gasteiger partial charge in [-0.1, -0.05) is 57.9 Å². The van der Waals surface area contributed by atoms with Gasteiger partial charge in [-0.15, -0.1) is 10.2 Å². The maximum absolute atomic E-state index is 13.5. The molecule has 0 bridgehead atoms. The summed E-state index contributed by atoms with van der Waals surface area (Å²) in [5.41, 5.74) is 3.25. The van der Waals surface area contributed by atoms with E-state index in [9.17, 15) is 9.59 Å². The Kier molecular flexibility index (Phi) is 10.1. The van der Waals surface area contributed by atoms with Crippen LogP contribution in [-0.4, -0.2) is 74.1 Å². The number of nitrogens with zero attached hydrogens (tertiary/aromatic N) is 6. The third kappa shape index (κ3) is 7.81. The number of amides is 2. The molecule has 12 heteroatoms. The molecule has 1 aliphatic heterocycles. The molecule has 2 aliphatic carbocycles. The van der Waals surface area contributed by atoms with Crippen molar-refractivity contribution in [1.29, 1.82) is 0 Å². The number of hydrogen-bond acceptors (Lipinski definition) is 9. The second-order valence-corrected chi connectivity index (χ2v) is 14.8. The fourth-order valence-corrected chi connectivity index (χ4v) is 7.34. The number of benzene rings is 1. The van der Waals surface area contributed by atoms with E-state index in [1.165, 1.54) is 12.8 Å². The average molecular weight is 681 g/mol. The molecule has 0 radical (unpaired) electrons. The summed E-state index contributed by atoms with van der Waals surface area (Å²) in [4.78, 5) is 38.1. The van der Waals surface area contributed by atoms with Crippen molar-refractivity contribution in [3.63, 3.8) is 0 Å². The number of nitrogens with one attached hydrogen (secondary N) is 2. The predicted molar refractivity (Wildman–Crippen MR) is 190 cm³/mol. The van der Waals surface area contributed by atoms with Crippen LogP contribution in [0.1, 0.15) is 123 Å². The largest absolute Gasteiger partial charge is 0.484 e. The number of ether oxygens (including phenoxy) is 2. The lowest BCUT2D eigenvalue weighted by Gasteiger charge is -2.32. The fraction of sp³-hybridized carbons (Fsp3) is 0.526. The quantitative estimate of drug-likeness (QED) is 0.179. The Bertz CT molecular complexity index is 1820. The van der Waals surface area contributed by atoms with E-state index < -0.39 is 0 Å². The smallest absolute Gasteiger partial charge is 0.320 e. The van der Waals surface area contributed by atoms with Crippen molar-refractivity contribution in [3.8, 4) is 5.75 Å². The zero-order valence-corrected chi connectivity index (χ0v) is 29.4. The van der Waals surface area contributed by atoms with E-state index in [1.807, 2.05) is 57.3 Å². The van der Waals surface area contributed by atoms with Crippen LogP contribution in [0, 0.1) is 0 Å². The van der Waals surface area contributed by atoms with E-state index in [0.29, 0.717) is 36.7 Å². The number of carbonyl (C=O) groups is 2. The minimum Gasteiger partial charge on any atom is -0.484 e. The van der Waals surface area contributed by atoms with Crippen LogP contribution < -0.4 is 15.4 Å². The zero-order chi connectivity index (χ0) is 34.7. The van der Waals surface area contributed by atoms with E-state index in [0.717, 1.165) is 80.5 Å². The number of rotatable bonds is 10. The number of carbonyl (C=O) groups excluding carboxylic acids is 2. The number of aromatic nitrogens is 5. The number of morpholine rings is 1. The minimum atomic E-state index is -0.383. The van der Waals surface area contributed by atoms with Gasteiger partial charge < -0.3 is 14.8 Å². The number of hydrogen-bond donors (Lipinski definition) is 2. The Morgan fingerprint density at radius 1 is 0.960 bits per heavy atom. The summed E-state index contributed by atoms with van der Waals surface area (Å²) in [5.74, 6) is 2.54. The summed E-state index contributed by atoms with van der Waals surface area (Å²) in [5, 5.41) is 15.0. The Morgan fingerprint density at radius 3 is 2.52 bits per heavy atom. The van der Waals surface area contributed by atoms with Crippen molar-refractivity contribution in [2.75, 3.05) is 38.2 Å². The van der Waals surface area contributed by atoms with Crippen LogP contribution >= 0.6 is 0 Å². The lowest BCUT2D eigenvalue weighted by Crippen LogP contribution is -2.37. The standard InChI is InChI=1S/C38H48N8O4/c1-38(2,3)32-23-33(41-35(40-32)30(47)13-8-18-45-19-21-49-22-20-45)42-37(48)39-29-15-16-31(28-12-7-6-11-27(28)29)50-26-14-17-34-43-44-36(46(34)24-26)25-9-4-5-10-25/h6-7,11-12,14,17,23-25,29,31H,4-5,8-10,13,15-16,18-22H2,1-3H3,(H2,39,40,41,42,48)/t29-,31+/m0/s1. The lowest BCUT2D eigenvalue weighted by molar-refractivity contribution is 0.0371. The van der Waals surface area contributed by atoms with Crippen LogP contribution in [0.25, 0.3) is 5.65 Å². The van der Waals surface area contributed by atoms with Crippen molar-refractivity contribution in [3.05, 3.63) is 77.1 Å². The molecule has 2 atom stereocenters. The Labute approximate surface area is 293 Å². The van der Waals surface area contributed by atoms with Crippen molar-refractivity contribution < 1.29 is 19.1 Å². The molecule has 264 valence electrons. The third-order valence-electron chi connectivity index (χ3n) is 10.1. The van der Waals surface area contributed by atoms with E-state index in [4.69, 9.17) is 9.47 Å². The zero-order valence-electron chi connectivity index (χ0n) is 29.4. The van der Waals surface area contributed by atoms with Gasteiger partial charge >= 0.3 is 6.03 Å². The van der Waals surface area contributed by atoms with Crippen LogP contribution in [0.15, 0.2) is 48.7 Å². The molecular formula is C38H48N8O4. The summed E-state index contributed by atoms with van der Waals surface area (Å²) in [7, 11) is 0. The van der Waals surface area contributed by atoms with E-state index in [2.05, 4.69) is 46.2 Å². The first kappa shape index (κ1) is 34.0. The van der Waals surface area contributed by atoms with Gasteiger partial charge in [0.2, 0.25) is 0 Å². The monoisotopic (exact) mass is 680 g/mol. The minimum absolute atomic E-state index is 0.127. The van der Waals surface area contributed by atoms with Gasteiger partial charge in [-0.05, 0) is 61.9 Å². The van der Waals surface area contributed by atoms with Gasteiger partial charge in [0.1, 0.15) is 23.5 Å². The van der Waals surface area contributed by atoms with Gasteiger partial charge in [0, 0.05) is 36.9 Å². The molecule has 7 rings (SSSR count). The summed E-state index contributed by atoms with van der Waals surface area (Å²) in [6.45, 7) is 10.1. The first-order valence-corrected chi connectivity index (χ1v) is 18.1. The molecule has 50 heavy (non-hydrogen) atoms. The molecule has 4 aromatic rings. The highest BCUT2D eigenvalue weighted by Crippen LogP contribution is 2.39. The molecule has 2 N–H and O–H groups in total. The molecule has 3 aliphatic rings. The highest BCUT2D eigenvalue weighted by molar-refractivity contribution is 5.94. The Morgan fingerprint density at radius 2 is 1.74 bits per heavy atom. The summed E-state index contributed by atoms with van der Waals surface area (Å²) in [6.07, 6.45) is 9.09. The Balaban J connectivity index is 1.02. The molecule has 1 aromatic carbocycles. The molecule has 1 saturated carbocycles. The topological polar surface area (TPSA) is 136 Å². The molecule has 1 saturated heterocycles. The summed E-state index contributed by atoms with van der Waals surface area (Å²) >= 11 is 0. The van der Waals surface area contributed by atoms with Gasteiger partial charge in [-0.2, -0.15) is 0 Å². The lowest BCUT2D eigenvalue weighted by atomic mass is 9.85. The number of urea groups is 1. The van der Waals surface area contributed by atoms with Gasteiger partial charge in [0.05, 0.1) is 31.1 Å². The molecule has 4 heterocycles. The highest BCUT2D eigenvalue weighted by Gasteiger charge is 2.30. The first-order chi connectivity index (χ1) is 24.2. The van der Waals surface area contributed by atoms with Crippen LogP contribution in [0.4, 0.5) is 10.6 Å². The van der Waals surface area contributed by atoms with Gasteiger partial charge in [0.15, 0.2) is 17.3 Å². The highest BCUT2D eigenvalue weighted by atomic mass is 16.5. The van der Waals surface area contributed by atoms with Crippen molar-refractivity contribution in [2.24, 2.45) is 0 Å². The van der Waals surface area contributed by atoms with Crippen molar-refractivity contribution in [2.45, 2.75) is 95.6 Å². The summed E-state index contributed by atoms with van der Waals surface area (Å²) in [6, 6.07) is 13.2. The molecular weight excluding hydrogens is 632 g/mol. The molecule has 12 nitrogen and oxygen atoms in total. The van der Waals surface area contributed by atoms with Gasteiger partial charge in [-0.25, -0.2) is 14.8 Å². The fourth-order valence-electron chi connectivity index (χ4n) is 7.34. The van der Waals surface area contributed by atoms with Crippen LogP contribution in [0.5, 0.6) is 5.75 Å². The molecule has 0 unspecified atom stereocenters. The molecule has 2 fully saturated rings. The SMILES string of the molecule is CC(C)(C)c1cc(NC(=O)N[C@H]2CC[C@@H](Oc3ccc4nnc(C5CCCC5)n4c3)c3ccccc32)nc(C(=O)CCCN2CCOCC2)n1. The van der Waals surface area contributed by atoms with E-state index >= 15 is 0 Å². The molecule has 0 spiro atoms. The Hall–Kier alpha value is -4.42. The van der Waals surface area contributed by atoms with Gasteiger partial charge in [-0.3, -0.25) is 19.4 Å². The number of ketones is 1. The van der Waals surface area contributed by atoms with Crippen molar-refractivity contribution in [1.82, 2.24) is 34.8 Å². The van der Waals surface area contributed by atoms with Crippen LogP contribution in [0.2, 0.25) is 0 Å².